The van der Waals surface area contributed by atoms with Crippen molar-refractivity contribution < 1.29 is 13.2 Å². The summed E-state index contributed by atoms with van der Waals surface area (Å²) in [6, 6.07) is 5.20. The molecule has 0 atom stereocenters. The molecule has 9 heteroatoms. The number of hydrogen-bond donors (Lipinski definition) is 2. The zero-order valence-corrected chi connectivity index (χ0v) is 12.0. The van der Waals surface area contributed by atoms with Gasteiger partial charge in [0.05, 0.1) is 6.54 Å². The maximum atomic E-state index is 12.8. The molecule has 0 saturated heterocycles. The number of nitrogens with one attached hydrogen (secondary N) is 1. The maximum absolute atomic E-state index is 12.8. The SMILES string of the molecule is CCN(Cc1cccs1)c1cc(NN)nc(C(F)(F)F)n1. The second kappa shape index (κ2) is 6.27. The number of aromatic nitrogens is 2. The summed E-state index contributed by atoms with van der Waals surface area (Å²) < 4.78 is 38.5. The van der Waals surface area contributed by atoms with Crippen molar-refractivity contribution in [3.63, 3.8) is 0 Å². The van der Waals surface area contributed by atoms with E-state index >= 15 is 0 Å². The number of alkyl halides is 3. The second-order valence-corrected chi connectivity index (χ2v) is 5.20. The smallest absolute Gasteiger partial charge is 0.352 e. The molecule has 5 nitrogen and oxygen atoms in total. The number of thiophene rings is 1. The largest absolute Gasteiger partial charge is 0.451 e. The van der Waals surface area contributed by atoms with Gasteiger partial charge in [0.2, 0.25) is 5.82 Å². The Kier molecular flexibility index (Phi) is 4.63. The molecule has 0 radical (unpaired) electrons. The van der Waals surface area contributed by atoms with Crippen LogP contribution in [-0.2, 0) is 12.7 Å². The lowest BCUT2D eigenvalue weighted by Crippen LogP contribution is -2.25. The van der Waals surface area contributed by atoms with Gasteiger partial charge in [-0.15, -0.1) is 11.3 Å². The lowest BCUT2D eigenvalue weighted by Gasteiger charge is -2.22. The van der Waals surface area contributed by atoms with E-state index in [2.05, 4.69) is 15.4 Å². The van der Waals surface area contributed by atoms with Crippen LogP contribution in [0, 0.1) is 0 Å². The molecule has 0 unspecified atom stereocenters. The van der Waals surface area contributed by atoms with Gasteiger partial charge in [-0.2, -0.15) is 13.2 Å². The first-order chi connectivity index (χ1) is 9.94. The van der Waals surface area contributed by atoms with E-state index in [1.165, 1.54) is 17.4 Å². The molecular weight excluding hydrogens is 303 g/mol. The molecule has 0 bridgehead atoms. The molecule has 114 valence electrons. The zero-order valence-electron chi connectivity index (χ0n) is 11.2. The summed E-state index contributed by atoms with van der Waals surface area (Å²) in [5.41, 5.74) is 2.14. The molecule has 2 rings (SSSR count). The van der Waals surface area contributed by atoms with Crippen molar-refractivity contribution in [3.8, 4) is 0 Å². The summed E-state index contributed by atoms with van der Waals surface area (Å²) in [5, 5.41) is 1.91. The van der Waals surface area contributed by atoms with Crippen LogP contribution in [0.25, 0.3) is 0 Å². The Labute approximate surface area is 123 Å². The Balaban J connectivity index is 2.35. The van der Waals surface area contributed by atoms with Crippen LogP contribution in [0.4, 0.5) is 24.8 Å². The van der Waals surface area contributed by atoms with Gasteiger partial charge in [0.15, 0.2) is 0 Å². The first-order valence-electron chi connectivity index (χ1n) is 6.14. The van der Waals surface area contributed by atoms with E-state index in [0.717, 1.165) is 4.88 Å². The third-order valence-electron chi connectivity index (χ3n) is 2.75. The zero-order chi connectivity index (χ0) is 15.5. The van der Waals surface area contributed by atoms with Crippen LogP contribution in [0.15, 0.2) is 23.6 Å². The molecule has 0 aliphatic heterocycles. The molecule has 0 amide bonds. The fraction of sp³-hybridized carbons (Fsp3) is 0.333. The van der Waals surface area contributed by atoms with Gasteiger partial charge >= 0.3 is 6.18 Å². The first kappa shape index (κ1) is 15.5. The quantitative estimate of drug-likeness (QED) is 0.656. The number of halogens is 3. The summed E-state index contributed by atoms with van der Waals surface area (Å²) in [6.07, 6.45) is -4.62. The van der Waals surface area contributed by atoms with Gasteiger partial charge in [0.25, 0.3) is 0 Å². The average molecular weight is 317 g/mol. The predicted octanol–water partition coefficient (Wildman–Crippen LogP) is 2.87. The molecule has 2 aromatic heterocycles. The third kappa shape index (κ3) is 3.82. The topological polar surface area (TPSA) is 67.1 Å². The van der Waals surface area contributed by atoms with Crippen molar-refractivity contribution in [1.82, 2.24) is 9.97 Å². The van der Waals surface area contributed by atoms with E-state index in [1.807, 2.05) is 24.4 Å². The van der Waals surface area contributed by atoms with Crippen molar-refractivity contribution in [2.24, 2.45) is 5.84 Å². The van der Waals surface area contributed by atoms with Crippen LogP contribution in [0.1, 0.15) is 17.6 Å². The van der Waals surface area contributed by atoms with E-state index in [1.54, 1.807) is 4.90 Å². The third-order valence-corrected chi connectivity index (χ3v) is 3.61. The Morgan fingerprint density at radius 1 is 1.38 bits per heavy atom. The average Bonchev–Trinajstić information content (AvgIpc) is 2.96. The normalized spacial score (nSPS) is 11.5. The maximum Gasteiger partial charge on any atom is 0.451 e. The van der Waals surface area contributed by atoms with Crippen LogP contribution in [0.3, 0.4) is 0 Å². The molecule has 3 N–H and O–H groups in total. The fourth-order valence-corrected chi connectivity index (χ4v) is 2.46. The molecule has 0 aliphatic rings. The summed E-state index contributed by atoms with van der Waals surface area (Å²) in [7, 11) is 0. The Hall–Kier alpha value is -1.87. The molecule has 2 heterocycles. The van der Waals surface area contributed by atoms with E-state index < -0.39 is 12.0 Å². The minimum Gasteiger partial charge on any atom is -0.352 e. The Bertz CT molecular complexity index is 585. The summed E-state index contributed by atoms with van der Waals surface area (Å²) >= 11 is 1.53. The van der Waals surface area contributed by atoms with Crippen molar-refractivity contribution in [2.45, 2.75) is 19.6 Å². The van der Waals surface area contributed by atoms with Gasteiger partial charge in [-0.3, -0.25) is 0 Å². The van der Waals surface area contributed by atoms with Gasteiger partial charge in [0.1, 0.15) is 11.6 Å². The van der Waals surface area contributed by atoms with Crippen LogP contribution in [-0.4, -0.2) is 16.5 Å². The van der Waals surface area contributed by atoms with E-state index in [4.69, 9.17) is 5.84 Å². The minimum atomic E-state index is -4.62. The molecule has 0 aromatic carbocycles. The number of hydrazine groups is 1. The van der Waals surface area contributed by atoms with Crippen LogP contribution in [0.2, 0.25) is 0 Å². The predicted molar refractivity (Wildman–Crippen MR) is 75.9 cm³/mol. The van der Waals surface area contributed by atoms with Crippen LogP contribution < -0.4 is 16.2 Å². The van der Waals surface area contributed by atoms with Gasteiger partial charge in [-0.05, 0) is 18.4 Å². The minimum absolute atomic E-state index is 0.0723. The summed E-state index contributed by atoms with van der Waals surface area (Å²) in [4.78, 5) is 9.70. The molecular formula is C12H14F3N5S. The van der Waals surface area contributed by atoms with Gasteiger partial charge in [-0.25, -0.2) is 15.8 Å². The molecule has 0 aliphatic carbocycles. The van der Waals surface area contributed by atoms with Gasteiger partial charge in [-0.1, -0.05) is 6.07 Å². The number of nitrogens with two attached hydrogens (primary N) is 1. The lowest BCUT2D eigenvalue weighted by molar-refractivity contribution is -0.144. The van der Waals surface area contributed by atoms with Gasteiger partial charge in [0, 0.05) is 17.5 Å². The van der Waals surface area contributed by atoms with Crippen molar-refractivity contribution in [3.05, 3.63) is 34.3 Å². The van der Waals surface area contributed by atoms with Crippen molar-refractivity contribution in [1.29, 1.82) is 0 Å². The Morgan fingerprint density at radius 3 is 2.67 bits per heavy atom. The Morgan fingerprint density at radius 2 is 2.14 bits per heavy atom. The first-order valence-corrected chi connectivity index (χ1v) is 7.02. The van der Waals surface area contributed by atoms with Crippen LogP contribution >= 0.6 is 11.3 Å². The molecule has 21 heavy (non-hydrogen) atoms. The second-order valence-electron chi connectivity index (χ2n) is 4.17. The highest BCUT2D eigenvalue weighted by molar-refractivity contribution is 7.09. The van der Waals surface area contributed by atoms with Crippen LogP contribution in [0.5, 0.6) is 0 Å². The molecule has 0 fully saturated rings. The fourth-order valence-electron chi connectivity index (χ4n) is 1.74. The number of rotatable bonds is 5. The molecule has 0 saturated carbocycles. The van der Waals surface area contributed by atoms with E-state index in [9.17, 15) is 13.2 Å². The lowest BCUT2D eigenvalue weighted by atomic mass is 10.3. The highest BCUT2D eigenvalue weighted by Crippen LogP contribution is 2.29. The standard InChI is InChI=1S/C12H14F3N5S/c1-2-20(7-8-4-3-5-21-8)10-6-9(19-16)17-11(18-10)12(13,14)15/h3-6H,2,7,16H2,1H3,(H,17,18,19). The monoisotopic (exact) mass is 317 g/mol. The number of nitrogens with zero attached hydrogens (tertiary/aromatic N) is 3. The van der Waals surface area contributed by atoms with E-state index in [0.29, 0.717) is 13.1 Å². The summed E-state index contributed by atoms with van der Waals surface area (Å²) in [5.74, 6) is 4.08. The number of hydrogen-bond acceptors (Lipinski definition) is 6. The highest BCUT2D eigenvalue weighted by Gasteiger charge is 2.35. The van der Waals surface area contributed by atoms with Crippen molar-refractivity contribution in [2.75, 3.05) is 16.9 Å². The van der Waals surface area contributed by atoms with Crippen molar-refractivity contribution >= 4 is 23.0 Å². The van der Waals surface area contributed by atoms with E-state index in [-0.39, 0.29) is 11.6 Å². The number of nitrogen functional groups attached to an aromatic ring is 1. The summed E-state index contributed by atoms with van der Waals surface area (Å²) in [6.45, 7) is 2.83. The van der Waals surface area contributed by atoms with Gasteiger partial charge < -0.3 is 10.3 Å². The molecule has 0 spiro atoms. The highest BCUT2D eigenvalue weighted by atomic mass is 32.1. The molecule has 2 aromatic rings. The number of anilines is 2.